The average molecular weight is 431 g/mol. The van der Waals surface area contributed by atoms with Crippen molar-refractivity contribution in [2.45, 2.75) is 39.5 Å². The van der Waals surface area contributed by atoms with E-state index in [4.69, 9.17) is 0 Å². The number of benzene rings is 1. The molecule has 1 aliphatic heterocycles. The number of rotatable bonds is 4. The molecule has 2 heterocycles. The molecule has 2 aromatic rings. The molecule has 0 unspecified atom stereocenters. The van der Waals surface area contributed by atoms with Gasteiger partial charge in [-0.25, -0.2) is 4.98 Å². The number of aromatic nitrogens is 1. The zero-order valence-electron chi connectivity index (χ0n) is 19.3. The number of nitrogens with one attached hydrogen (secondary N) is 2. The van der Waals surface area contributed by atoms with Gasteiger partial charge >= 0.3 is 0 Å². The van der Waals surface area contributed by atoms with E-state index in [1.54, 1.807) is 12.3 Å². The number of allylic oxidation sites excluding steroid dienone is 3. The minimum atomic E-state index is -0.409. The van der Waals surface area contributed by atoms with Crippen molar-refractivity contribution in [3.05, 3.63) is 76.3 Å². The lowest BCUT2D eigenvalue weighted by atomic mass is 9.73. The summed E-state index contributed by atoms with van der Waals surface area (Å²) >= 11 is 0. The Bertz CT molecular complexity index is 1110. The van der Waals surface area contributed by atoms with Gasteiger partial charge in [-0.3, -0.25) is 9.59 Å². The first-order valence-electron chi connectivity index (χ1n) is 11.0. The van der Waals surface area contributed by atoms with E-state index >= 15 is 0 Å². The molecular formula is C26H30N4O2. The van der Waals surface area contributed by atoms with Gasteiger partial charge in [0.1, 0.15) is 5.82 Å². The number of ketones is 1. The Morgan fingerprint density at radius 2 is 1.81 bits per heavy atom. The second-order valence-corrected chi connectivity index (χ2v) is 9.09. The quantitative estimate of drug-likeness (QED) is 0.756. The molecule has 1 aromatic carbocycles. The van der Waals surface area contributed by atoms with Crippen LogP contribution in [0.5, 0.6) is 0 Å². The summed E-state index contributed by atoms with van der Waals surface area (Å²) in [6, 6.07) is 11.8. The van der Waals surface area contributed by atoms with Gasteiger partial charge in [0, 0.05) is 60.9 Å². The zero-order chi connectivity index (χ0) is 23.0. The van der Waals surface area contributed by atoms with Crippen molar-refractivity contribution < 1.29 is 9.59 Å². The van der Waals surface area contributed by atoms with Crippen LogP contribution >= 0.6 is 0 Å². The Kier molecular flexibility index (Phi) is 5.87. The Labute approximate surface area is 189 Å². The topological polar surface area (TPSA) is 74.3 Å². The predicted molar refractivity (Wildman–Crippen MR) is 127 cm³/mol. The largest absolute Gasteiger partial charge is 0.378 e. The van der Waals surface area contributed by atoms with Gasteiger partial charge in [0.15, 0.2) is 5.78 Å². The summed E-state index contributed by atoms with van der Waals surface area (Å²) in [6.45, 7) is 5.95. The lowest BCUT2D eigenvalue weighted by Gasteiger charge is -2.36. The maximum atomic E-state index is 13.5. The molecule has 0 saturated heterocycles. The zero-order valence-corrected chi connectivity index (χ0v) is 19.3. The van der Waals surface area contributed by atoms with Crippen LogP contribution in [0.2, 0.25) is 0 Å². The molecular weight excluding hydrogens is 400 g/mol. The van der Waals surface area contributed by atoms with Crippen LogP contribution in [0.3, 0.4) is 0 Å². The lowest BCUT2D eigenvalue weighted by Crippen LogP contribution is -2.37. The number of carbonyl (C=O) groups is 2. The smallest absolute Gasteiger partial charge is 0.255 e. The van der Waals surface area contributed by atoms with E-state index in [2.05, 4.69) is 22.5 Å². The van der Waals surface area contributed by atoms with Crippen LogP contribution in [-0.2, 0) is 9.59 Å². The van der Waals surface area contributed by atoms with Crippen molar-refractivity contribution in [1.82, 2.24) is 10.3 Å². The summed E-state index contributed by atoms with van der Waals surface area (Å²) in [6.07, 6.45) is 3.03. The summed E-state index contributed by atoms with van der Waals surface area (Å²) < 4.78 is 0. The third-order valence-corrected chi connectivity index (χ3v) is 6.17. The third kappa shape index (κ3) is 4.17. The van der Waals surface area contributed by atoms with Crippen LogP contribution in [-0.4, -0.2) is 30.8 Å². The Morgan fingerprint density at radius 3 is 2.44 bits per heavy atom. The summed E-state index contributed by atoms with van der Waals surface area (Å²) in [5.41, 5.74) is 6.02. The summed E-state index contributed by atoms with van der Waals surface area (Å²) in [4.78, 5) is 33.0. The highest BCUT2D eigenvalue weighted by molar-refractivity contribution is 6.09. The second kappa shape index (κ2) is 8.61. The first-order chi connectivity index (χ1) is 15.2. The minimum absolute atomic E-state index is 0.110. The van der Waals surface area contributed by atoms with Gasteiger partial charge in [-0.15, -0.1) is 0 Å². The highest BCUT2D eigenvalue weighted by atomic mass is 16.2. The number of pyridine rings is 1. The van der Waals surface area contributed by atoms with Crippen LogP contribution in [0.1, 0.15) is 43.7 Å². The fraction of sp³-hybridized carbons (Fsp3) is 0.346. The van der Waals surface area contributed by atoms with Gasteiger partial charge in [0.05, 0.1) is 0 Å². The van der Waals surface area contributed by atoms with Gasteiger partial charge in [-0.05, 0) is 55.5 Å². The number of carbonyl (C=O) groups excluding carboxylic acids is 2. The standard InChI is InChI=1S/C26H30N4O2/c1-15-6-11-22(27-14-15)29-26(32)23-17(3)28-20-12-16(2)13-21(31)25(20)24(23)18-7-9-19(10-8-18)30(4)5/h6-11,14,16,24,28H,12-13H2,1-5H3,(H,27,29,32)/t16-,24-/m1/s1. The van der Waals surface area contributed by atoms with Crippen molar-refractivity contribution in [3.8, 4) is 0 Å². The number of nitrogens with zero attached hydrogens (tertiary/aromatic N) is 2. The van der Waals surface area contributed by atoms with Crippen LogP contribution in [0.4, 0.5) is 11.5 Å². The molecule has 6 nitrogen and oxygen atoms in total. The maximum absolute atomic E-state index is 13.5. The number of dihydropyridines is 1. The van der Waals surface area contributed by atoms with Gasteiger partial charge in [-0.1, -0.05) is 25.1 Å². The SMILES string of the molecule is CC1=C(C(=O)Nc2ccc(C)cn2)[C@@H](c2ccc(N(C)C)cc2)C2=C(C[C@@H](C)CC2=O)N1. The molecule has 2 aliphatic rings. The Balaban J connectivity index is 1.77. The molecule has 2 N–H and O–H groups in total. The molecule has 32 heavy (non-hydrogen) atoms. The minimum Gasteiger partial charge on any atom is -0.378 e. The van der Waals surface area contributed by atoms with Crippen molar-refractivity contribution in [3.63, 3.8) is 0 Å². The monoisotopic (exact) mass is 430 g/mol. The van der Waals surface area contributed by atoms with E-state index in [1.165, 1.54) is 0 Å². The van der Waals surface area contributed by atoms with Crippen LogP contribution in [0.15, 0.2) is 65.1 Å². The fourth-order valence-electron chi connectivity index (χ4n) is 4.56. The van der Waals surface area contributed by atoms with Crippen molar-refractivity contribution in [2.24, 2.45) is 5.92 Å². The molecule has 0 saturated carbocycles. The lowest BCUT2D eigenvalue weighted by molar-refractivity contribution is -0.117. The molecule has 2 atom stereocenters. The molecule has 4 rings (SSSR count). The molecule has 0 radical (unpaired) electrons. The van der Waals surface area contributed by atoms with E-state index in [1.807, 2.05) is 63.2 Å². The normalized spacial score (nSPS) is 20.6. The van der Waals surface area contributed by atoms with Crippen molar-refractivity contribution in [1.29, 1.82) is 0 Å². The third-order valence-electron chi connectivity index (χ3n) is 6.17. The fourth-order valence-corrected chi connectivity index (χ4v) is 4.56. The number of amides is 1. The van der Waals surface area contributed by atoms with E-state index < -0.39 is 5.92 Å². The van der Waals surface area contributed by atoms with Gasteiger partial charge in [0.25, 0.3) is 5.91 Å². The van der Waals surface area contributed by atoms with E-state index in [9.17, 15) is 9.59 Å². The van der Waals surface area contributed by atoms with Gasteiger partial charge in [-0.2, -0.15) is 0 Å². The van der Waals surface area contributed by atoms with E-state index in [-0.39, 0.29) is 17.6 Å². The van der Waals surface area contributed by atoms with Crippen LogP contribution in [0, 0.1) is 12.8 Å². The predicted octanol–water partition coefficient (Wildman–Crippen LogP) is 4.31. The Hall–Kier alpha value is -3.41. The highest BCUT2D eigenvalue weighted by Gasteiger charge is 2.39. The molecule has 1 aromatic heterocycles. The number of hydrogen-bond acceptors (Lipinski definition) is 5. The van der Waals surface area contributed by atoms with Gasteiger partial charge < -0.3 is 15.5 Å². The molecule has 166 valence electrons. The molecule has 6 heteroatoms. The number of aryl methyl sites for hydroxylation is 1. The second-order valence-electron chi connectivity index (χ2n) is 9.09. The first kappa shape index (κ1) is 21.8. The Morgan fingerprint density at radius 1 is 1.09 bits per heavy atom. The van der Waals surface area contributed by atoms with Crippen molar-refractivity contribution in [2.75, 3.05) is 24.3 Å². The highest BCUT2D eigenvalue weighted by Crippen LogP contribution is 2.43. The van der Waals surface area contributed by atoms with Gasteiger partial charge in [0.2, 0.25) is 0 Å². The maximum Gasteiger partial charge on any atom is 0.255 e. The summed E-state index contributed by atoms with van der Waals surface area (Å²) in [5.74, 6) is 0.231. The first-order valence-corrected chi connectivity index (χ1v) is 11.0. The number of Topliss-reactive ketones (excluding diaryl/α,β-unsaturated/α-hetero) is 1. The van der Waals surface area contributed by atoms with E-state index in [0.29, 0.717) is 23.4 Å². The average Bonchev–Trinajstić information content (AvgIpc) is 2.74. The molecule has 1 aliphatic carbocycles. The summed E-state index contributed by atoms with van der Waals surface area (Å²) in [5, 5.41) is 6.31. The van der Waals surface area contributed by atoms with Crippen LogP contribution in [0.25, 0.3) is 0 Å². The molecule has 0 fully saturated rings. The number of anilines is 2. The molecule has 1 amide bonds. The van der Waals surface area contributed by atoms with E-state index in [0.717, 1.165) is 34.6 Å². The molecule has 0 spiro atoms. The summed E-state index contributed by atoms with van der Waals surface area (Å²) in [7, 11) is 3.98. The molecule has 0 bridgehead atoms. The number of hydrogen-bond donors (Lipinski definition) is 2. The van der Waals surface area contributed by atoms with Crippen LogP contribution < -0.4 is 15.5 Å². The van der Waals surface area contributed by atoms with Crippen molar-refractivity contribution >= 4 is 23.2 Å².